The van der Waals surface area contributed by atoms with E-state index in [1.807, 2.05) is 12.1 Å². The lowest BCUT2D eigenvalue weighted by atomic mass is 10.2. The molecule has 1 unspecified atom stereocenters. The third kappa shape index (κ3) is 3.66. The van der Waals surface area contributed by atoms with E-state index in [0.717, 1.165) is 11.4 Å². The van der Waals surface area contributed by atoms with Crippen molar-refractivity contribution in [2.45, 2.75) is 31.8 Å². The van der Waals surface area contributed by atoms with Crippen molar-refractivity contribution in [3.8, 4) is 0 Å². The Bertz CT molecular complexity index is 435. The van der Waals surface area contributed by atoms with Crippen LogP contribution in [0.3, 0.4) is 0 Å². The summed E-state index contributed by atoms with van der Waals surface area (Å²) in [6.07, 6.45) is -1.07. The molecule has 1 aromatic rings. The first-order valence-corrected chi connectivity index (χ1v) is 6.17. The number of ether oxygens (including phenoxy) is 1. The third-order valence-electron chi connectivity index (χ3n) is 2.94. The van der Waals surface area contributed by atoms with E-state index in [2.05, 4.69) is 10.6 Å². The van der Waals surface area contributed by atoms with Gasteiger partial charge in [-0.25, -0.2) is 0 Å². The largest absolute Gasteiger partial charge is 0.394 e. The number of hydrogen-bond donors (Lipinski definition) is 4. The van der Waals surface area contributed by atoms with Crippen molar-refractivity contribution in [1.82, 2.24) is 0 Å². The summed E-state index contributed by atoms with van der Waals surface area (Å²) < 4.78 is 5.44. The number of anilines is 2. The van der Waals surface area contributed by atoms with Crippen molar-refractivity contribution in [3.63, 3.8) is 0 Å². The maximum absolute atomic E-state index is 10.9. The van der Waals surface area contributed by atoms with Gasteiger partial charge in [-0.05, 0) is 24.3 Å². The van der Waals surface area contributed by atoms with Gasteiger partial charge in [0.25, 0.3) is 0 Å². The summed E-state index contributed by atoms with van der Waals surface area (Å²) in [5.74, 6) is -0.117. The molecule has 104 valence electrons. The summed E-state index contributed by atoms with van der Waals surface area (Å²) in [5.41, 5.74) is 1.54. The molecular formula is C13H18N2O4. The van der Waals surface area contributed by atoms with Gasteiger partial charge in [-0.2, -0.15) is 0 Å². The quantitative estimate of drug-likeness (QED) is 0.638. The highest BCUT2D eigenvalue weighted by Crippen LogP contribution is 2.23. The molecule has 1 aromatic carbocycles. The minimum atomic E-state index is -0.652. The molecule has 0 spiro atoms. The third-order valence-corrected chi connectivity index (χ3v) is 2.94. The maximum Gasteiger partial charge on any atom is 0.221 e. The Kier molecular flexibility index (Phi) is 4.36. The fourth-order valence-corrected chi connectivity index (χ4v) is 2.02. The summed E-state index contributed by atoms with van der Waals surface area (Å²) in [5, 5.41) is 24.4. The minimum absolute atomic E-state index is 0.117. The number of aliphatic hydroxyl groups excluding tert-OH is 2. The van der Waals surface area contributed by atoms with Crippen molar-refractivity contribution in [2.24, 2.45) is 0 Å². The van der Waals surface area contributed by atoms with Crippen LogP contribution >= 0.6 is 0 Å². The van der Waals surface area contributed by atoms with Gasteiger partial charge in [0.05, 0.1) is 12.7 Å². The molecule has 4 N–H and O–H groups in total. The maximum atomic E-state index is 10.9. The Morgan fingerprint density at radius 3 is 2.53 bits per heavy atom. The van der Waals surface area contributed by atoms with Crippen molar-refractivity contribution < 1.29 is 19.7 Å². The van der Waals surface area contributed by atoms with E-state index in [0.29, 0.717) is 6.42 Å². The first-order chi connectivity index (χ1) is 9.08. The SMILES string of the molecule is CC(=O)Nc1ccc(N[C@@H]2CC(O)[C@@H](CO)O2)cc1. The van der Waals surface area contributed by atoms with Crippen LogP contribution in [0.4, 0.5) is 11.4 Å². The van der Waals surface area contributed by atoms with Crippen LogP contribution in [0.5, 0.6) is 0 Å². The van der Waals surface area contributed by atoms with Gasteiger partial charge >= 0.3 is 0 Å². The highest BCUT2D eigenvalue weighted by Gasteiger charge is 2.33. The topological polar surface area (TPSA) is 90.8 Å². The molecule has 0 bridgehead atoms. The number of nitrogens with one attached hydrogen (secondary N) is 2. The Morgan fingerprint density at radius 1 is 1.37 bits per heavy atom. The van der Waals surface area contributed by atoms with Crippen molar-refractivity contribution in [3.05, 3.63) is 24.3 Å². The van der Waals surface area contributed by atoms with Gasteiger partial charge in [0.2, 0.25) is 5.91 Å². The molecule has 0 aliphatic carbocycles. The molecule has 6 nitrogen and oxygen atoms in total. The summed E-state index contributed by atoms with van der Waals surface area (Å²) >= 11 is 0. The Morgan fingerprint density at radius 2 is 2.00 bits per heavy atom. The van der Waals surface area contributed by atoms with Gasteiger partial charge in [-0.1, -0.05) is 0 Å². The summed E-state index contributed by atoms with van der Waals surface area (Å²) in [4.78, 5) is 10.9. The Labute approximate surface area is 111 Å². The number of benzene rings is 1. The monoisotopic (exact) mass is 266 g/mol. The van der Waals surface area contributed by atoms with Crippen molar-refractivity contribution >= 4 is 17.3 Å². The lowest BCUT2D eigenvalue weighted by Gasteiger charge is -2.15. The summed E-state index contributed by atoms with van der Waals surface area (Å²) in [6.45, 7) is 1.26. The summed E-state index contributed by atoms with van der Waals surface area (Å²) in [6, 6.07) is 7.18. The fraction of sp³-hybridized carbons (Fsp3) is 0.462. The van der Waals surface area contributed by atoms with Gasteiger partial charge < -0.3 is 25.6 Å². The predicted molar refractivity (Wildman–Crippen MR) is 70.7 cm³/mol. The van der Waals surface area contributed by atoms with Crippen molar-refractivity contribution in [2.75, 3.05) is 17.2 Å². The molecule has 0 radical (unpaired) electrons. The van der Waals surface area contributed by atoms with E-state index >= 15 is 0 Å². The highest BCUT2D eigenvalue weighted by atomic mass is 16.5. The predicted octanol–water partition coefficient (Wildman–Crippen LogP) is 0.525. The van der Waals surface area contributed by atoms with E-state index in [1.165, 1.54) is 6.92 Å². The zero-order chi connectivity index (χ0) is 13.8. The average Bonchev–Trinajstić information content (AvgIpc) is 2.71. The normalized spacial score (nSPS) is 26.2. The second kappa shape index (κ2) is 6.01. The number of hydrogen-bond acceptors (Lipinski definition) is 5. The molecule has 0 saturated carbocycles. The van der Waals surface area contributed by atoms with Gasteiger partial charge in [-0.3, -0.25) is 4.79 Å². The molecular weight excluding hydrogens is 248 g/mol. The zero-order valence-corrected chi connectivity index (χ0v) is 10.7. The number of amides is 1. The van der Waals surface area contributed by atoms with E-state index < -0.39 is 12.2 Å². The summed E-state index contributed by atoms with van der Waals surface area (Å²) in [7, 11) is 0. The van der Waals surface area contributed by atoms with E-state index in [4.69, 9.17) is 9.84 Å². The van der Waals surface area contributed by atoms with E-state index in [1.54, 1.807) is 12.1 Å². The number of rotatable bonds is 4. The molecule has 0 aromatic heterocycles. The van der Waals surface area contributed by atoms with Crippen LogP contribution in [0, 0.1) is 0 Å². The standard InChI is InChI=1S/C13H18N2O4/c1-8(17)14-9-2-4-10(5-3-9)15-13-6-11(18)12(7-16)19-13/h2-5,11-13,15-16,18H,6-7H2,1H3,(H,14,17)/t11?,12-,13+/m1/s1. The van der Waals surface area contributed by atoms with Crippen LogP contribution in [0.15, 0.2) is 24.3 Å². The van der Waals surface area contributed by atoms with Crippen molar-refractivity contribution in [1.29, 1.82) is 0 Å². The molecule has 1 aliphatic heterocycles. The smallest absolute Gasteiger partial charge is 0.221 e. The number of carbonyl (C=O) groups is 1. The Hall–Kier alpha value is -1.63. The van der Waals surface area contributed by atoms with Gasteiger partial charge in [0, 0.05) is 24.7 Å². The molecule has 19 heavy (non-hydrogen) atoms. The minimum Gasteiger partial charge on any atom is -0.394 e. The molecule has 6 heteroatoms. The van der Waals surface area contributed by atoms with Gasteiger partial charge in [0.15, 0.2) is 0 Å². The van der Waals surface area contributed by atoms with Crippen LogP contribution in [0.25, 0.3) is 0 Å². The van der Waals surface area contributed by atoms with Crippen LogP contribution in [0.2, 0.25) is 0 Å². The molecule has 2 rings (SSSR count). The molecule has 3 atom stereocenters. The molecule has 1 heterocycles. The van der Waals surface area contributed by atoms with Crippen LogP contribution < -0.4 is 10.6 Å². The van der Waals surface area contributed by atoms with E-state index in [-0.39, 0.29) is 18.7 Å². The molecule has 1 amide bonds. The van der Waals surface area contributed by atoms with E-state index in [9.17, 15) is 9.90 Å². The Balaban J connectivity index is 1.91. The fourth-order valence-electron chi connectivity index (χ4n) is 2.02. The molecule has 1 fully saturated rings. The zero-order valence-electron chi connectivity index (χ0n) is 10.7. The van der Waals surface area contributed by atoms with Gasteiger partial charge in [-0.15, -0.1) is 0 Å². The number of carbonyl (C=O) groups excluding carboxylic acids is 1. The van der Waals surface area contributed by atoms with Crippen LogP contribution in [0.1, 0.15) is 13.3 Å². The van der Waals surface area contributed by atoms with Gasteiger partial charge in [0.1, 0.15) is 12.3 Å². The molecule has 1 aliphatic rings. The lowest BCUT2D eigenvalue weighted by Crippen LogP contribution is -2.25. The first-order valence-electron chi connectivity index (χ1n) is 6.17. The number of aliphatic hydroxyl groups is 2. The van der Waals surface area contributed by atoms with Crippen LogP contribution in [-0.2, 0) is 9.53 Å². The highest BCUT2D eigenvalue weighted by molar-refractivity contribution is 5.88. The van der Waals surface area contributed by atoms with Crippen LogP contribution in [-0.4, -0.2) is 41.2 Å². The average molecular weight is 266 g/mol. The lowest BCUT2D eigenvalue weighted by molar-refractivity contribution is -0.114. The second-order valence-electron chi connectivity index (χ2n) is 4.55. The first kappa shape index (κ1) is 13.8. The molecule has 1 saturated heterocycles. The second-order valence-corrected chi connectivity index (χ2v) is 4.55.